The van der Waals surface area contributed by atoms with Crippen molar-refractivity contribution >= 4 is 21.6 Å². The lowest BCUT2D eigenvalue weighted by Crippen LogP contribution is -2.34. The maximum absolute atomic E-state index is 12.4. The van der Waals surface area contributed by atoms with Crippen molar-refractivity contribution < 1.29 is 8.42 Å². The molecule has 1 atom stereocenters. The Morgan fingerprint density at radius 3 is 2.80 bits per heavy atom. The quantitative estimate of drug-likeness (QED) is 0.898. The first-order chi connectivity index (χ1) is 9.56. The van der Waals surface area contributed by atoms with Gasteiger partial charge >= 0.3 is 10.2 Å². The lowest BCUT2D eigenvalue weighted by Gasteiger charge is -2.27. The van der Waals surface area contributed by atoms with E-state index in [1.807, 2.05) is 12.1 Å². The molecule has 110 valence electrons. The van der Waals surface area contributed by atoms with Gasteiger partial charge in [-0.25, -0.2) is 0 Å². The van der Waals surface area contributed by atoms with Crippen LogP contribution >= 0.6 is 0 Å². The molecule has 0 radical (unpaired) electrons. The zero-order valence-electron chi connectivity index (χ0n) is 11.7. The van der Waals surface area contributed by atoms with Crippen LogP contribution in [-0.2, 0) is 16.6 Å². The van der Waals surface area contributed by atoms with Crippen LogP contribution in [0.15, 0.2) is 18.2 Å². The number of rotatable bonds is 3. The Bertz CT molecular complexity index is 594. The molecule has 1 aromatic rings. The minimum absolute atomic E-state index is 0.375. The highest BCUT2D eigenvalue weighted by Crippen LogP contribution is 2.33. The Kier molecular flexibility index (Phi) is 3.60. The van der Waals surface area contributed by atoms with Crippen molar-refractivity contribution in [1.29, 1.82) is 0 Å². The van der Waals surface area contributed by atoms with E-state index < -0.39 is 10.2 Å². The molecule has 1 fully saturated rings. The molecule has 0 aromatic heterocycles. The summed E-state index contributed by atoms with van der Waals surface area (Å²) in [5.41, 5.74) is 2.79. The van der Waals surface area contributed by atoms with Crippen LogP contribution in [0.3, 0.4) is 0 Å². The first-order valence-corrected chi connectivity index (χ1v) is 8.66. The number of para-hydroxylation sites is 1. The van der Waals surface area contributed by atoms with E-state index in [1.54, 1.807) is 0 Å². The molecule has 6 heteroatoms. The SMILES string of the molecule is CC1CCc2cccc(NS(=O)(=O)N3CCCC3)c2N1. The first kappa shape index (κ1) is 13.7. The molecule has 3 rings (SSSR count). The van der Waals surface area contributed by atoms with Crippen LogP contribution in [0.2, 0.25) is 0 Å². The fourth-order valence-corrected chi connectivity index (χ4v) is 4.20. The van der Waals surface area contributed by atoms with Gasteiger partial charge in [0.25, 0.3) is 0 Å². The third-order valence-electron chi connectivity index (χ3n) is 4.03. The van der Waals surface area contributed by atoms with Crippen molar-refractivity contribution in [2.24, 2.45) is 0 Å². The smallest absolute Gasteiger partial charge is 0.301 e. The van der Waals surface area contributed by atoms with Crippen LogP contribution in [-0.4, -0.2) is 31.9 Å². The van der Waals surface area contributed by atoms with E-state index in [2.05, 4.69) is 23.0 Å². The number of benzene rings is 1. The van der Waals surface area contributed by atoms with Gasteiger partial charge in [-0.1, -0.05) is 12.1 Å². The minimum atomic E-state index is -3.42. The van der Waals surface area contributed by atoms with Gasteiger partial charge in [-0.05, 0) is 44.2 Å². The second kappa shape index (κ2) is 5.26. The molecule has 5 nitrogen and oxygen atoms in total. The maximum Gasteiger partial charge on any atom is 0.301 e. The fourth-order valence-electron chi connectivity index (χ4n) is 2.89. The first-order valence-electron chi connectivity index (χ1n) is 7.22. The number of hydrogen-bond donors (Lipinski definition) is 2. The van der Waals surface area contributed by atoms with Gasteiger partial charge in [0.1, 0.15) is 0 Å². The van der Waals surface area contributed by atoms with Crippen LogP contribution < -0.4 is 10.0 Å². The molecule has 0 bridgehead atoms. The van der Waals surface area contributed by atoms with Crippen molar-refractivity contribution in [3.05, 3.63) is 23.8 Å². The number of anilines is 2. The summed E-state index contributed by atoms with van der Waals surface area (Å²) in [5.74, 6) is 0. The van der Waals surface area contributed by atoms with Crippen molar-refractivity contribution in [3.63, 3.8) is 0 Å². The molecule has 2 N–H and O–H groups in total. The number of hydrogen-bond acceptors (Lipinski definition) is 3. The number of fused-ring (bicyclic) bond motifs is 1. The van der Waals surface area contributed by atoms with Crippen molar-refractivity contribution in [2.45, 2.75) is 38.6 Å². The van der Waals surface area contributed by atoms with Gasteiger partial charge in [0.15, 0.2) is 0 Å². The lowest BCUT2D eigenvalue weighted by molar-refractivity contribution is 0.482. The summed E-state index contributed by atoms with van der Waals surface area (Å²) in [6.07, 6.45) is 3.96. The van der Waals surface area contributed by atoms with Gasteiger partial charge in [0.05, 0.1) is 11.4 Å². The van der Waals surface area contributed by atoms with Crippen molar-refractivity contribution in [2.75, 3.05) is 23.1 Å². The largest absolute Gasteiger partial charge is 0.381 e. The highest BCUT2D eigenvalue weighted by atomic mass is 32.2. The molecule has 0 aliphatic carbocycles. The molecule has 2 aliphatic heterocycles. The molecule has 1 saturated heterocycles. The molecule has 1 aromatic carbocycles. The van der Waals surface area contributed by atoms with E-state index in [-0.39, 0.29) is 0 Å². The zero-order chi connectivity index (χ0) is 14.2. The third-order valence-corrected chi connectivity index (χ3v) is 5.55. The van der Waals surface area contributed by atoms with Crippen LogP contribution in [0, 0.1) is 0 Å². The standard InChI is InChI=1S/C14H21N3O2S/c1-11-7-8-12-5-4-6-13(14(12)15-11)16-20(18,19)17-9-2-3-10-17/h4-6,11,15-16H,2-3,7-10H2,1H3. The van der Waals surface area contributed by atoms with Crippen molar-refractivity contribution in [1.82, 2.24) is 4.31 Å². The number of nitrogens with zero attached hydrogens (tertiary/aromatic N) is 1. The summed E-state index contributed by atoms with van der Waals surface area (Å²) in [7, 11) is -3.42. The number of nitrogens with one attached hydrogen (secondary N) is 2. The summed E-state index contributed by atoms with van der Waals surface area (Å²) >= 11 is 0. The predicted octanol–water partition coefficient (Wildman–Crippen LogP) is 2.19. The highest BCUT2D eigenvalue weighted by Gasteiger charge is 2.27. The van der Waals surface area contributed by atoms with Gasteiger partial charge in [-0.15, -0.1) is 0 Å². The molecule has 0 amide bonds. The zero-order valence-corrected chi connectivity index (χ0v) is 12.5. The monoisotopic (exact) mass is 295 g/mol. The summed E-state index contributed by atoms with van der Waals surface area (Å²) in [6, 6.07) is 6.18. The van der Waals surface area contributed by atoms with Crippen LogP contribution in [0.25, 0.3) is 0 Å². The van der Waals surface area contributed by atoms with Crippen LogP contribution in [0.4, 0.5) is 11.4 Å². The molecule has 20 heavy (non-hydrogen) atoms. The van der Waals surface area contributed by atoms with Crippen molar-refractivity contribution in [3.8, 4) is 0 Å². The molecular weight excluding hydrogens is 274 g/mol. The van der Waals surface area contributed by atoms with Gasteiger partial charge < -0.3 is 5.32 Å². The summed E-state index contributed by atoms with van der Waals surface area (Å²) in [4.78, 5) is 0. The molecular formula is C14H21N3O2S. The summed E-state index contributed by atoms with van der Waals surface area (Å²) < 4.78 is 29.0. The van der Waals surface area contributed by atoms with Crippen LogP contribution in [0.5, 0.6) is 0 Å². The van der Waals surface area contributed by atoms with E-state index in [1.165, 1.54) is 9.87 Å². The Labute approximate surface area is 120 Å². The summed E-state index contributed by atoms with van der Waals surface area (Å²) in [5, 5.41) is 3.40. The average Bonchev–Trinajstić information content (AvgIpc) is 2.94. The third kappa shape index (κ3) is 2.62. The maximum atomic E-state index is 12.4. The molecule has 1 unspecified atom stereocenters. The van der Waals surface area contributed by atoms with Gasteiger partial charge in [-0.3, -0.25) is 4.72 Å². The lowest BCUT2D eigenvalue weighted by atomic mass is 9.98. The molecule has 0 spiro atoms. The van der Waals surface area contributed by atoms with E-state index in [0.29, 0.717) is 24.8 Å². The summed E-state index contributed by atoms with van der Waals surface area (Å²) in [6.45, 7) is 3.36. The normalized spacial score (nSPS) is 23.1. The van der Waals surface area contributed by atoms with E-state index in [9.17, 15) is 8.42 Å². The molecule has 0 saturated carbocycles. The second-order valence-corrected chi connectivity index (χ2v) is 7.31. The minimum Gasteiger partial charge on any atom is -0.381 e. The predicted molar refractivity (Wildman–Crippen MR) is 81.2 cm³/mol. The Balaban J connectivity index is 1.88. The van der Waals surface area contributed by atoms with E-state index in [4.69, 9.17) is 0 Å². The Hall–Kier alpha value is -1.27. The number of aryl methyl sites for hydroxylation is 1. The Morgan fingerprint density at radius 1 is 1.30 bits per heavy atom. The Morgan fingerprint density at radius 2 is 2.05 bits per heavy atom. The van der Waals surface area contributed by atoms with Gasteiger partial charge in [-0.2, -0.15) is 12.7 Å². The second-order valence-electron chi connectivity index (χ2n) is 5.64. The van der Waals surface area contributed by atoms with E-state index in [0.717, 1.165) is 31.4 Å². The van der Waals surface area contributed by atoms with E-state index >= 15 is 0 Å². The fraction of sp³-hybridized carbons (Fsp3) is 0.571. The van der Waals surface area contributed by atoms with Gasteiger partial charge in [0, 0.05) is 19.1 Å². The molecule has 2 aliphatic rings. The topological polar surface area (TPSA) is 61.4 Å². The molecule has 2 heterocycles. The van der Waals surface area contributed by atoms with Gasteiger partial charge in [0.2, 0.25) is 0 Å². The van der Waals surface area contributed by atoms with Crippen LogP contribution in [0.1, 0.15) is 31.7 Å². The average molecular weight is 295 g/mol. The highest BCUT2D eigenvalue weighted by molar-refractivity contribution is 7.90.